The van der Waals surface area contributed by atoms with E-state index in [-0.39, 0.29) is 31.4 Å². The largest absolute Gasteiger partial charge is 0.394 e. The van der Waals surface area contributed by atoms with Gasteiger partial charge in [0.15, 0.2) is 0 Å². The molecule has 3 atom stereocenters. The van der Waals surface area contributed by atoms with Crippen LogP contribution in [0.4, 0.5) is 0 Å². The van der Waals surface area contributed by atoms with Crippen molar-refractivity contribution in [3.63, 3.8) is 0 Å². The highest BCUT2D eigenvalue weighted by molar-refractivity contribution is 5.86. The highest BCUT2D eigenvalue weighted by Gasteiger charge is 2.35. The molecule has 1 aromatic carbocycles. The maximum atomic E-state index is 12.9. The molecule has 1 aliphatic carbocycles. The van der Waals surface area contributed by atoms with Crippen LogP contribution in [-0.4, -0.2) is 53.9 Å². The number of allylic oxidation sites excluding steroid dienone is 1. The highest BCUT2D eigenvalue weighted by atomic mass is 16.5. The van der Waals surface area contributed by atoms with Crippen LogP contribution in [0.25, 0.3) is 0 Å². The van der Waals surface area contributed by atoms with Crippen LogP contribution >= 0.6 is 0 Å². The Morgan fingerprint density at radius 2 is 1.93 bits per heavy atom. The Labute approximate surface area is 178 Å². The summed E-state index contributed by atoms with van der Waals surface area (Å²) in [6.45, 7) is 3.72. The summed E-state index contributed by atoms with van der Waals surface area (Å²) in [5.41, 5.74) is 0.0953. The second-order valence-electron chi connectivity index (χ2n) is 8.05. The van der Waals surface area contributed by atoms with Gasteiger partial charge in [-0.15, -0.1) is 6.58 Å². The number of aliphatic hydroxyl groups excluding tert-OH is 2. The van der Waals surface area contributed by atoms with E-state index in [0.29, 0.717) is 12.0 Å². The molecular formula is C23H34N2O5. The van der Waals surface area contributed by atoms with E-state index in [1.54, 1.807) is 18.2 Å². The quantitative estimate of drug-likeness (QED) is 0.388. The summed E-state index contributed by atoms with van der Waals surface area (Å²) >= 11 is 0. The van der Waals surface area contributed by atoms with Crippen molar-refractivity contribution in [1.29, 1.82) is 0 Å². The summed E-state index contributed by atoms with van der Waals surface area (Å²) in [6, 6.07) is 8.39. The van der Waals surface area contributed by atoms with Gasteiger partial charge in [-0.05, 0) is 24.8 Å². The lowest BCUT2D eigenvalue weighted by Crippen LogP contribution is -2.51. The van der Waals surface area contributed by atoms with Crippen molar-refractivity contribution in [2.24, 2.45) is 5.92 Å². The van der Waals surface area contributed by atoms with E-state index < -0.39 is 23.6 Å². The maximum absolute atomic E-state index is 12.9. The van der Waals surface area contributed by atoms with E-state index in [1.165, 1.54) is 7.11 Å². The van der Waals surface area contributed by atoms with Crippen LogP contribution in [0.2, 0.25) is 0 Å². The lowest BCUT2D eigenvalue weighted by molar-refractivity contribution is -0.132. The van der Waals surface area contributed by atoms with E-state index in [0.717, 1.165) is 25.7 Å². The van der Waals surface area contributed by atoms with Crippen molar-refractivity contribution in [1.82, 2.24) is 10.6 Å². The number of rotatable bonds is 12. The Hall–Kier alpha value is -2.22. The number of hydrogen-bond acceptors (Lipinski definition) is 5. The Bertz CT molecular complexity index is 688. The summed E-state index contributed by atoms with van der Waals surface area (Å²) in [5, 5.41) is 26.2. The minimum atomic E-state index is -0.940. The Kier molecular flexibility index (Phi) is 9.49. The first kappa shape index (κ1) is 24.1. The number of carbonyl (C=O) groups excluding carboxylic acids is 2. The molecule has 7 heteroatoms. The van der Waals surface area contributed by atoms with E-state index in [4.69, 9.17) is 4.74 Å². The number of methoxy groups -OCH3 is 1. The van der Waals surface area contributed by atoms with Crippen LogP contribution < -0.4 is 10.6 Å². The Morgan fingerprint density at radius 1 is 1.27 bits per heavy atom. The summed E-state index contributed by atoms with van der Waals surface area (Å²) in [4.78, 5) is 25.5. The summed E-state index contributed by atoms with van der Waals surface area (Å²) in [7, 11) is 1.50. The van der Waals surface area contributed by atoms with Gasteiger partial charge in [0, 0.05) is 13.5 Å². The summed E-state index contributed by atoms with van der Waals surface area (Å²) in [6.07, 6.45) is 4.39. The molecule has 30 heavy (non-hydrogen) atoms. The predicted molar refractivity (Wildman–Crippen MR) is 115 cm³/mol. The molecule has 0 aromatic heterocycles. The molecule has 0 spiro atoms. The van der Waals surface area contributed by atoms with Gasteiger partial charge < -0.3 is 25.6 Å². The van der Waals surface area contributed by atoms with Gasteiger partial charge in [-0.3, -0.25) is 9.59 Å². The van der Waals surface area contributed by atoms with Crippen molar-refractivity contribution >= 4 is 11.8 Å². The topological polar surface area (TPSA) is 108 Å². The molecule has 166 valence electrons. The SMILES string of the molecule is C=CCC(CC(=O)NC1(CO)CCCC1)C(=O)NC(COC)C(O)c1ccccc1. The Balaban J connectivity index is 2.03. The molecule has 0 heterocycles. The third-order valence-electron chi connectivity index (χ3n) is 5.72. The van der Waals surface area contributed by atoms with Gasteiger partial charge in [-0.1, -0.05) is 49.2 Å². The fourth-order valence-corrected chi connectivity index (χ4v) is 4.00. The molecule has 2 rings (SSSR count). The second kappa shape index (κ2) is 11.8. The lowest BCUT2D eigenvalue weighted by Gasteiger charge is -2.29. The number of aliphatic hydroxyl groups is 2. The van der Waals surface area contributed by atoms with E-state index in [1.807, 2.05) is 18.2 Å². The molecule has 1 aliphatic rings. The fourth-order valence-electron chi connectivity index (χ4n) is 4.00. The highest BCUT2D eigenvalue weighted by Crippen LogP contribution is 2.29. The molecule has 7 nitrogen and oxygen atoms in total. The van der Waals surface area contributed by atoms with Crippen LogP contribution in [0.15, 0.2) is 43.0 Å². The average molecular weight is 419 g/mol. The minimum Gasteiger partial charge on any atom is -0.394 e. The van der Waals surface area contributed by atoms with Crippen LogP contribution in [0.3, 0.4) is 0 Å². The molecular weight excluding hydrogens is 384 g/mol. The number of carbonyl (C=O) groups is 2. The van der Waals surface area contributed by atoms with Gasteiger partial charge in [0.05, 0.1) is 30.7 Å². The van der Waals surface area contributed by atoms with Crippen molar-refractivity contribution in [3.05, 3.63) is 48.6 Å². The third kappa shape index (κ3) is 6.65. The zero-order valence-electron chi connectivity index (χ0n) is 17.7. The summed E-state index contributed by atoms with van der Waals surface area (Å²) < 4.78 is 5.18. The smallest absolute Gasteiger partial charge is 0.224 e. The molecule has 1 fully saturated rings. The Morgan fingerprint density at radius 3 is 2.50 bits per heavy atom. The third-order valence-corrected chi connectivity index (χ3v) is 5.72. The van der Waals surface area contributed by atoms with Gasteiger partial charge in [-0.2, -0.15) is 0 Å². The number of amides is 2. The van der Waals surface area contributed by atoms with Crippen LogP contribution in [-0.2, 0) is 14.3 Å². The summed E-state index contributed by atoms with van der Waals surface area (Å²) in [5.74, 6) is -1.23. The number of ether oxygens (including phenoxy) is 1. The zero-order chi connectivity index (χ0) is 22.0. The molecule has 3 unspecified atom stereocenters. The first-order chi connectivity index (χ1) is 14.4. The van der Waals surface area contributed by atoms with Gasteiger partial charge >= 0.3 is 0 Å². The number of hydrogen-bond donors (Lipinski definition) is 4. The predicted octanol–water partition coefficient (Wildman–Crippen LogP) is 1.85. The van der Waals surface area contributed by atoms with E-state index >= 15 is 0 Å². The van der Waals surface area contributed by atoms with Crippen LogP contribution in [0, 0.1) is 5.92 Å². The second-order valence-corrected chi connectivity index (χ2v) is 8.05. The van der Waals surface area contributed by atoms with Gasteiger partial charge in [0.2, 0.25) is 11.8 Å². The number of nitrogens with one attached hydrogen (secondary N) is 2. The molecule has 1 aromatic rings. The van der Waals surface area contributed by atoms with E-state index in [9.17, 15) is 19.8 Å². The normalized spacial score (nSPS) is 18.2. The monoisotopic (exact) mass is 418 g/mol. The molecule has 4 N–H and O–H groups in total. The molecule has 0 aliphatic heterocycles. The van der Waals surface area contributed by atoms with Gasteiger partial charge in [-0.25, -0.2) is 0 Å². The molecule has 0 bridgehead atoms. The van der Waals surface area contributed by atoms with Crippen LogP contribution in [0.1, 0.15) is 50.2 Å². The lowest BCUT2D eigenvalue weighted by atomic mass is 9.95. The van der Waals surface area contributed by atoms with Crippen molar-refractivity contribution in [2.45, 2.75) is 56.2 Å². The van der Waals surface area contributed by atoms with E-state index in [2.05, 4.69) is 17.2 Å². The van der Waals surface area contributed by atoms with Crippen molar-refractivity contribution in [3.8, 4) is 0 Å². The average Bonchev–Trinajstić information content (AvgIpc) is 3.22. The molecule has 0 radical (unpaired) electrons. The number of benzene rings is 1. The maximum Gasteiger partial charge on any atom is 0.224 e. The van der Waals surface area contributed by atoms with Gasteiger partial charge in [0.25, 0.3) is 0 Å². The first-order valence-electron chi connectivity index (χ1n) is 10.5. The molecule has 2 amide bonds. The first-order valence-corrected chi connectivity index (χ1v) is 10.5. The molecule has 0 saturated heterocycles. The van der Waals surface area contributed by atoms with Crippen LogP contribution in [0.5, 0.6) is 0 Å². The molecule has 1 saturated carbocycles. The van der Waals surface area contributed by atoms with Crippen molar-refractivity contribution < 1.29 is 24.5 Å². The standard InChI is InChI=1S/C23H34N2O5/c1-3-9-18(14-20(27)25-23(16-26)12-7-8-13-23)22(29)24-19(15-30-2)21(28)17-10-5-4-6-11-17/h3-6,10-11,18-19,21,26,28H,1,7-9,12-16H2,2H3,(H,24,29)(H,25,27). The van der Waals surface area contributed by atoms with Crippen molar-refractivity contribution in [2.75, 3.05) is 20.3 Å². The van der Waals surface area contributed by atoms with Gasteiger partial charge in [0.1, 0.15) is 6.10 Å². The minimum absolute atomic E-state index is 0.0132. The fraction of sp³-hybridized carbons (Fsp3) is 0.565. The zero-order valence-corrected chi connectivity index (χ0v) is 17.7.